The van der Waals surface area contributed by atoms with Crippen molar-refractivity contribution in [2.24, 2.45) is 12.0 Å². The zero-order valence-corrected chi connectivity index (χ0v) is 19.4. The first-order chi connectivity index (χ1) is 12.9. The van der Waals surface area contributed by atoms with E-state index in [1.165, 1.54) is 6.07 Å². The third-order valence-electron chi connectivity index (χ3n) is 3.98. The summed E-state index contributed by atoms with van der Waals surface area (Å²) in [5.41, 5.74) is 1.33. The van der Waals surface area contributed by atoms with Crippen LogP contribution in [0.1, 0.15) is 23.0 Å². The van der Waals surface area contributed by atoms with Crippen molar-refractivity contribution >= 4 is 47.4 Å². The van der Waals surface area contributed by atoms with Crippen molar-refractivity contribution in [1.82, 2.24) is 20.1 Å². The molecule has 0 spiro atoms. The van der Waals surface area contributed by atoms with Gasteiger partial charge in [0.15, 0.2) is 5.96 Å². The molecule has 0 aliphatic rings. The monoisotopic (exact) mass is 519 g/mol. The molecule has 154 valence electrons. The average molecular weight is 520 g/mol. The number of aliphatic imine (C=N–C) groups is 1. The maximum Gasteiger partial charge on any atom is 0.255 e. The van der Waals surface area contributed by atoms with Gasteiger partial charge in [-0.3, -0.25) is 9.79 Å². The van der Waals surface area contributed by atoms with Crippen LogP contribution >= 0.6 is 35.6 Å². The van der Waals surface area contributed by atoms with Gasteiger partial charge in [-0.25, -0.2) is 0 Å². The Morgan fingerprint density at radius 3 is 2.64 bits per heavy atom. The lowest BCUT2D eigenvalue weighted by Gasteiger charge is -2.22. The molecule has 0 aliphatic heterocycles. The molecule has 0 saturated carbocycles. The van der Waals surface area contributed by atoms with Crippen molar-refractivity contribution in [3.63, 3.8) is 0 Å². The Morgan fingerprint density at radius 1 is 1.32 bits per heavy atom. The predicted octanol–water partition coefficient (Wildman–Crippen LogP) is 2.83. The zero-order valence-electron chi connectivity index (χ0n) is 16.3. The van der Waals surface area contributed by atoms with Crippen LogP contribution in [0.4, 0.5) is 0 Å². The summed E-state index contributed by atoms with van der Waals surface area (Å²) in [4.78, 5) is 18.6. The maximum atomic E-state index is 12.1. The van der Waals surface area contributed by atoms with E-state index in [0.717, 1.165) is 18.2 Å². The minimum atomic E-state index is -0.319. The van der Waals surface area contributed by atoms with Crippen LogP contribution in [0.5, 0.6) is 5.75 Å². The summed E-state index contributed by atoms with van der Waals surface area (Å²) >= 11 is 6.04. The number of para-hydroxylation sites is 1. The van der Waals surface area contributed by atoms with Gasteiger partial charge in [-0.1, -0.05) is 23.7 Å². The Bertz CT molecular complexity index is 809. The lowest BCUT2D eigenvalue weighted by molar-refractivity contribution is 0.0952. The molecule has 3 N–H and O–H groups in total. The van der Waals surface area contributed by atoms with E-state index < -0.39 is 0 Å². The van der Waals surface area contributed by atoms with Gasteiger partial charge < -0.3 is 25.2 Å². The van der Waals surface area contributed by atoms with Gasteiger partial charge in [-0.15, -0.1) is 24.0 Å². The van der Waals surface area contributed by atoms with Gasteiger partial charge in [0.05, 0.1) is 23.7 Å². The van der Waals surface area contributed by atoms with Crippen LogP contribution in [0.2, 0.25) is 5.02 Å². The van der Waals surface area contributed by atoms with Gasteiger partial charge in [0.2, 0.25) is 0 Å². The number of halogens is 2. The highest BCUT2D eigenvalue weighted by Gasteiger charge is 2.11. The first kappa shape index (κ1) is 24.1. The van der Waals surface area contributed by atoms with Gasteiger partial charge in [-0.05, 0) is 25.1 Å². The first-order valence-corrected chi connectivity index (χ1v) is 9.16. The number of hydrogen-bond acceptors (Lipinski definition) is 3. The Hall–Kier alpha value is -1.94. The number of amides is 1. The number of hydrogen-bond donors (Lipinski definition) is 3. The van der Waals surface area contributed by atoms with E-state index in [1.54, 1.807) is 18.2 Å². The first-order valence-electron chi connectivity index (χ1n) is 8.78. The zero-order chi connectivity index (χ0) is 19.8. The number of rotatable bonds is 7. The molecule has 0 bridgehead atoms. The molecule has 1 amide bonds. The van der Waals surface area contributed by atoms with Crippen LogP contribution in [-0.4, -0.2) is 53.1 Å². The summed E-state index contributed by atoms with van der Waals surface area (Å²) in [7, 11) is 3.90. The summed E-state index contributed by atoms with van der Waals surface area (Å²) in [6, 6.07) is 8.38. The van der Waals surface area contributed by atoms with Crippen molar-refractivity contribution in [3.8, 4) is 5.75 Å². The van der Waals surface area contributed by atoms with Crippen LogP contribution in [-0.2, 0) is 13.6 Å². The summed E-state index contributed by atoms with van der Waals surface area (Å²) in [5.74, 6) is 0.388. The van der Waals surface area contributed by atoms with E-state index in [-0.39, 0.29) is 41.2 Å². The molecule has 0 unspecified atom stereocenters. The number of nitrogens with zero attached hydrogens (tertiary/aromatic N) is 3. The number of aryl methyl sites for hydroxylation is 1. The minimum absolute atomic E-state index is 0. The molecule has 7 nitrogen and oxygen atoms in total. The molecule has 0 atom stereocenters. The van der Waals surface area contributed by atoms with Crippen LogP contribution < -0.4 is 10.6 Å². The second kappa shape index (κ2) is 11.8. The molecular formula is C19H27ClIN5O2. The molecule has 1 aromatic heterocycles. The number of aromatic hydroxyl groups is 1. The van der Waals surface area contributed by atoms with E-state index in [2.05, 4.69) is 15.6 Å². The van der Waals surface area contributed by atoms with Crippen LogP contribution in [0, 0.1) is 0 Å². The molecule has 1 heterocycles. The van der Waals surface area contributed by atoms with Gasteiger partial charge in [-0.2, -0.15) is 0 Å². The van der Waals surface area contributed by atoms with Gasteiger partial charge in [0.1, 0.15) is 5.75 Å². The fourth-order valence-electron chi connectivity index (χ4n) is 2.60. The Labute approximate surface area is 187 Å². The highest BCUT2D eigenvalue weighted by Crippen LogP contribution is 2.15. The lowest BCUT2D eigenvalue weighted by atomic mass is 10.2. The van der Waals surface area contributed by atoms with Crippen molar-refractivity contribution in [3.05, 3.63) is 52.8 Å². The average Bonchev–Trinajstić information content (AvgIpc) is 2.94. The molecule has 2 rings (SSSR count). The van der Waals surface area contributed by atoms with Crippen LogP contribution in [0.3, 0.4) is 0 Å². The molecule has 0 fully saturated rings. The van der Waals surface area contributed by atoms with E-state index in [9.17, 15) is 9.90 Å². The lowest BCUT2D eigenvalue weighted by Crippen LogP contribution is -2.39. The smallest absolute Gasteiger partial charge is 0.255 e. The van der Waals surface area contributed by atoms with Gasteiger partial charge in [0, 0.05) is 39.1 Å². The van der Waals surface area contributed by atoms with Crippen molar-refractivity contribution < 1.29 is 9.90 Å². The van der Waals surface area contributed by atoms with E-state index in [4.69, 9.17) is 11.6 Å². The fourth-order valence-corrected chi connectivity index (χ4v) is 2.88. The van der Waals surface area contributed by atoms with E-state index >= 15 is 0 Å². The van der Waals surface area contributed by atoms with Crippen molar-refractivity contribution in [1.29, 1.82) is 0 Å². The van der Waals surface area contributed by atoms with Gasteiger partial charge in [0.25, 0.3) is 5.91 Å². The highest BCUT2D eigenvalue weighted by molar-refractivity contribution is 14.0. The quantitative estimate of drug-likeness (QED) is 0.227. The predicted molar refractivity (Wildman–Crippen MR) is 124 cm³/mol. The maximum absolute atomic E-state index is 12.1. The number of phenols is 1. The minimum Gasteiger partial charge on any atom is -0.507 e. The van der Waals surface area contributed by atoms with Gasteiger partial charge >= 0.3 is 0 Å². The summed E-state index contributed by atoms with van der Waals surface area (Å²) in [6.07, 6.45) is 1.86. The van der Waals surface area contributed by atoms with Crippen LogP contribution in [0.25, 0.3) is 0 Å². The Balaban J connectivity index is 0.00000392. The molecule has 28 heavy (non-hydrogen) atoms. The van der Waals surface area contributed by atoms with E-state index in [1.807, 2.05) is 42.7 Å². The second-order valence-corrected chi connectivity index (χ2v) is 6.56. The van der Waals surface area contributed by atoms with E-state index in [0.29, 0.717) is 24.7 Å². The second-order valence-electron chi connectivity index (χ2n) is 6.13. The number of guanidine groups is 1. The van der Waals surface area contributed by atoms with Crippen LogP contribution in [0.15, 0.2) is 41.5 Å². The molecule has 0 aliphatic carbocycles. The summed E-state index contributed by atoms with van der Waals surface area (Å²) in [5, 5.41) is 16.4. The SMILES string of the molecule is CCNC(=NCCNC(=O)c1ccccc1O)N(C)Cc1cc(Cl)cn1C.I. The third kappa shape index (κ3) is 6.90. The third-order valence-corrected chi connectivity index (χ3v) is 4.18. The summed E-state index contributed by atoms with van der Waals surface area (Å²) in [6.45, 7) is 4.18. The number of nitrogens with one attached hydrogen (secondary N) is 2. The highest BCUT2D eigenvalue weighted by atomic mass is 127. The Kier molecular flexibility index (Phi) is 10.2. The fraction of sp³-hybridized carbons (Fsp3) is 0.368. The molecular weight excluding hydrogens is 493 g/mol. The Morgan fingerprint density at radius 2 is 2.04 bits per heavy atom. The normalized spacial score (nSPS) is 10.9. The molecule has 0 saturated heterocycles. The van der Waals surface area contributed by atoms with Crippen molar-refractivity contribution in [2.75, 3.05) is 26.7 Å². The number of carbonyl (C=O) groups is 1. The number of carbonyl (C=O) groups excluding carboxylic acids is 1. The number of benzene rings is 1. The molecule has 2 aromatic rings. The molecule has 9 heteroatoms. The largest absolute Gasteiger partial charge is 0.507 e. The number of phenolic OH excluding ortho intramolecular Hbond substituents is 1. The summed E-state index contributed by atoms with van der Waals surface area (Å²) < 4.78 is 1.98. The standard InChI is InChI=1S/C19H26ClN5O2.HI/c1-4-21-19(25(3)13-15-11-14(20)12-24(15)2)23-10-9-22-18(27)16-7-5-6-8-17(16)26;/h5-8,11-12,26H,4,9-10,13H2,1-3H3,(H,21,23)(H,22,27);1H. The molecule has 0 radical (unpaired) electrons. The topological polar surface area (TPSA) is 81.9 Å². The number of aromatic nitrogens is 1. The van der Waals surface area contributed by atoms with Crippen molar-refractivity contribution in [2.45, 2.75) is 13.5 Å². The molecule has 1 aromatic carbocycles.